The number of amides is 1. The second kappa shape index (κ2) is 9.50. The Balaban J connectivity index is 1.59. The number of nitrogens with zero attached hydrogens (tertiary/aromatic N) is 4. The molecule has 3 rings (SSSR count). The summed E-state index contributed by atoms with van der Waals surface area (Å²) in [6.45, 7) is 11.9. The molecule has 8 nitrogen and oxygen atoms in total. The molecule has 1 aliphatic carbocycles. The van der Waals surface area contributed by atoms with Crippen LogP contribution in [0.4, 0.5) is 4.79 Å². The van der Waals surface area contributed by atoms with Gasteiger partial charge in [0.25, 0.3) is 0 Å². The number of ether oxygens (including phenoxy) is 1. The van der Waals surface area contributed by atoms with Crippen LogP contribution in [0.5, 0.6) is 0 Å². The number of aliphatic imine (C=N–C) groups is 1. The van der Waals surface area contributed by atoms with E-state index in [0.717, 1.165) is 50.7 Å². The summed E-state index contributed by atoms with van der Waals surface area (Å²) in [4.78, 5) is 21.9. The van der Waals surface area contributed by atoms with Gasteiger partial charge in [0, 0.05) is 38.4 Å². The second-order valence-electron chi connectivity index (χ2n) is 9.05. The number of rotatable bonds is 6. The molecule has 2 N–H and O–H groups in total. The molecule has 162 valence electrons. The van der Waals surface area contributed by atoms with Crippen molar-refractivity contribution in [1.82, 2.24) is 25.3 Å². The zero-order chi connectivity index (χ0) is 20.9. The molecule has 8 heteroatoms. The molecule has 0 bridgehead atoms. The summed E-state index contributed by atoms with van der Waals surface area (Å²) in [6, 6.07) is 2.17. The first kappa shape index (κ1) is 21.5. The van der Waals surface area contributed by atoms with Crippen molar-refractivity contribution in [3.05, 3.63) is 18.0 Å². The van der Waals surface area contributed by atoms with Gasteiger partial charge in [-0.15, -0.1) is 0 Å². The van der Waals surface area contributed by atoms with Gasteiger partial charge in [-0.25, -0.2) is 9.79 Å². The van der Waals surface area contributed by atoms with Gasteiger partial charge in [0.1, 0.15) is 5.60 Å². The predicted molar refractivity (Wildman–Crippen MR) is 114 cm³/mol. The Morgan fingerprint density at radius 3 is 2.62 bits per heavy atom. The van der Waals surface area contributed by atoms with Crippen LogP contribution in [0.3, 0.4) is 0 Å². The van der Waals surface area contributed by atoms with E-state index in [4.69, 9.17) is 9.73 Å². The van der Waals surface area contributed by atoms with E-state index in [1.165, 1.54) is 12.8 Å². The summed E-state index contributed by atoms with van der Waals surface area (Å²) in [5, 5.41) is 10.3. The first-order chi connectivity index (χ1) is 13.9. The topological polar surface area (TPSA) is 85.9 Å². The number of carbonyl (C=O) groups is 1. The van der Waals surface area contributed by atoms with E-state index in [0.29, 0.717) is 12.5 Å². The lowest BCUT2D eigenvalue weighted by atomic mass is 10.0. The largest absolute Gasteiger partial charge is 0.444 e. The first-order valence-corrected chi connectivity index (χ1v) is 10.9. The predicted octanol–water partition coefficient (Wildman–Crippen LogP) is 2.99. The van der Waals surface area contributed by atoms with Crippen molar-refractivity contribution in [2.24, 2.45) is 10.9 Å². The van der Waals surface area contributed by atoms with Crippen LogP contribution in [-0.2, 0) is 11.3 Å². The van der Waals surface area contributed by atoms with Crippen molar-refractivity contribution in [2.75, 3.05) is 26.2 Å². The van der Waals surface area contributed by atoms with Crippen LogP contribution in [0.1, 0.15) is 59.1 Å². The number of piperidine rings is 1. The molecule has 2 heterocycles. The minimum Gasteiger partial charge on any atom is -0.444 e. The zero-order valence-electron chi connectivity index (χ0n) is 18.3. The van der Waals surface area contributed by atoms with E-state index < -0.39 is 5.60 Å². The molecule has 29 heavy (non-hydrogen) atoms. The smallest absolute Gasteiger partial charge is 0.410 e. The van der Waals surface area contributed by atoms with Crippen molar-refractivity contribution in [2.45, 2.75) is 71.6 Å². The SMILES string of the molecule is CCNC(=NCc1ccn[nH]1)N1CCC(N(CC2CC2)C(=O)OC(C)(C)C)CC1. The molecule has 1 aromatic rings. The van der Waals surface area contributed by atoms with Gasteiger partial charge in [-0.2, -0.15) is 5.10 Å². The molecule has 2 fully saturated rings. The van der Waals surface area contributed by atoms with Gasteiger partial charge in [-0.3, -0.25) is 5.10 Å². The van der Waals surface area contributed by atoms with Gasteiger partial charge < -0.3 is 19.9 Å². The molecule has 0 spiro atoms. The molecule has 1 saturated heterocycles. The Hall–Kier alpha value is -2.25. The number of guanidine groups is 1. The number of aromatic nitrogens is 2. The van der Waals surface area contributed by atoms with E-state index in [1.54, 1.807) is 6.20 Å². The summed E-state index contributed by atoms with van der Waals surface area (Å²) in [5.74, 6) is 1.57. The molecule has 0 atom stereocenters. The van der Waals surface area contributed by atoms with Gasteiger partial charge >= 0.3 is 6.09 Å². The van der Waals surface area contributed by atoms with Crippen LogP contribution in [0, 0.1) is 5.92 Å². The maximum Gasteiger partial charge on any atom is 0.410 e. The van der Waals surface area contributed by atoms with Gasteiger partial charge in [-0.05, 0) is 65.4 Å². The van der Waals surface area contributed by atoms with Crippen LogP contribution in [0.25, 0.3) is 0 Å². The molecular weight excluding hydrogens is 368 g/mol. The number of H-pyrrole nitrogens is 1. The summed E-state index contributed by atoms with van der Waals surface area (Å²) in [6.07, 6.45) is 5.89. The Morgan fingerprint density at radius 2 is 2.07 bits per heavy atom. The van der Waals surface area contributed by atoms with E-state index >= 15 is 0 Å². The Labute approximate surface area is 174 Å². The third-order valence-electron chi connectivity index (χ3n) is 5.28. The highest BCUT2D eigenvalue weighted by atomic mass is 16.6. The fraction of sp³-hybridized carbons (Fsp3) is 0.762. The van der Waals surface area contributed by atoms with Crippen molar-refractivity contribution in [3.8, 4) is 0 Å². The normalized spacial score (nSPS) is 18.6. The summed E-state index contributed by atoms with van der Waals surface area (Å²) >= 11 is 0. The van der Waals surface area contributed by atoms with Crippen molar-refractivity contribution in [1.29, 1.82) is 0 Å². The molecule has 2 aliphatic rings. The van der Waals surface area contributed by atoms with E-state index in [9.17, 15) is 4.79 Å². The van der Waals surface area contributed by atoms with Gasteiger partial charge in [0.05, 0.1) is 12.2 Å². The third-order valence-corrected chi connectivity index (χ3v) is 5.28. The van der Waals surface area contributed by atoms with Crippen molar-refractivity contribution >= 4 is 12.1 Å². The highest BCUT2D eigenvalue weighted by Gasteiger charge is 2.35. The molecule has 1 aliphatic heterocycles. The van der Waals surface area contributed by atoms with Gasteiger partial charge in [0.15, 0.2) is 5.96 Å². The molecule has 1 saturated carbocycles. The number of nitrogens with one attached hydrogen (secondary N) is 2. The molecule has 1 amide bonds. The summed E-state index contributed by atoms with van der Waals surface area (Å²) < 4.78 is 5.70. The molecular formula is C21H36N6O2. The summed E-state index contributed by atoms with van der Waals surface area (Å²) in [7, 11) is 0. The van der Waals surface area contributed by atoms with Crippen LogP contribution in [0.2, 0.25) is 0 Å². The minimum atomic E-state index is -0.461. The number of likely N-dealkylation sites (tertiary alicyclic amines) is 1. The first-order valence-electron chi connectivity index (χ1n) is 10.9. The van der Waals surface area contributed by atoms with Crippen LogP contribution in [-0.4, -0.2) is 69.9 Å². The lowest BCUT2D eigenvalue weighted by molar-refractivity contribution is 0.00928. The Bertz CT molecular complexity index is 670. The van der Waals surface area contributed by atoms with E-state index in [1.807, 2.05) is 31.7 Å². The van der Waals surface area contributed by atoms with E-state index in [-0.39, 0.29) is 12.1 Å². The zero-order valence-corrected chi connectivity index (χ0v) is 18.3. The van der Waals surface area contributed by atoms with Crippen molar-refractivity contribution in [3.63, 3.8) is 0 Å². The lowest BCUT2D eigenvalue weighted by Crippen LogP contribution is -2.52. The number of hydrogen-bond acceptors (Lipinski definition) is 4. The van der Waals surface area contributed by atoms with Crippen LogP contribution in [0.15, 0.2) is 17.3 Å². The highest BCUT2D eigenvalue weighted by molar-refractivity contribution is 5.80. The fourth-order valence-corrected chi connectivity index (χ4v) is 3.62. The van der Waals surface area contributed by atoms with Crippen LogP contribution >= 0.6 is 0 Å². The Morgan fingerprint density at radius 1 is 1.34 bits per heavy atom. The molecule has 1 aromatic heterocycles. The minimum absolute atomic E-state index is 0.164. The fourth-order valence-electron chi connectivity index (χ4n) is 3.62. The Kier molecular flexibility index (Phi) is 7.03. The standard InChI is InChI=1S/C21H36N6O2/c1-5-22-19(23-14-17-8-11-24-25-17)26-12-9-18(10-13-26)27(15-16-6-7-16)20(28)29-21(2,3)4/h8,11,16,18H,5-7,9-10,12-15H2,1-4H3,(H,22,23)(H,24,25). The number of aromatic amines is 1. The molecule has 0 unspecified atom stereocenters. The maximum atomic E-state index is 12.8. The number of carbonyl (C=O) groups excluding carboxylic acids is 1. The maximum absolute atomic E-state index is 12.8. The number of hydrogen-bond donors (Lipinski definition) is 2. The van der Waals surface area contributed by atoms with E-state index in [2.05, 4.69) is 27.3 Å². The average molecular weight is 405 g/mol. The van der Waals surface area contributed by atoms with Crippen LogP contribution < -0.4 is 5.32 Å². The third kappa shape index (κ3) is 6.65. The molecule has 0 radical (unpaired) electrons. The lowest BCUT2D eigenvalue weighted by Gasteiger charge is -2.40. The monoisotopic (exact) mass is 404 g/mol. The quantitative estimate of drug-likeness (QED) is 0.562. The van der Waals surface area contributed by atoms with Gasteiger partial charge in [0.2, 0.25) is 0 Å². The summed E-state index contributed by atoms with van der Waals surface area (Å²) in [5.41, 5.74) is 0.535. The van der Waals surface area contributed by atoms with Crippen molar-refractivity contribution < 1.29 is 9.53 Å². The highest BCUT2D eigenvalue weighted by Crippen LogP contribution is 2.32. The van der Waals surface area contributed by atoms with Gasteiger partial charge in [-0.1, -0.05) is 0 Å². The molecule has 0 aromatic carbocycles. The average Bonchev–Trinajstić information content (AvgIpc) is 3.34. The second-order valence-corrected chi connectivity index (χ2v) is 9.05.